The monoisotopic (exact) mass is 419 g/mol. The Morgan fingerprint density at radius 1 is 1.28 bits per heavy atom. The van der Waals surface area contributed by atoms with Crippen LogP contribution in [0.2, 0.25) is 0 Å². The summed E-state index contributed by atoms with van der Waals surface area (Å²) < 4.78 is 2.05. The second kappa shape index (κ2) is 7.37. The zero-order valence-corrected chi connectivity index (χ0v) is 16.1. The number of aryl methyl sites for hydroxylation is 1. The number of nitrogens with zero attached hydrogens (tertiary/aromatic N) is 4. The van der Waals surface area contributed by atoms with Crippen LogP contribution < -0.4 is 16.2 Å². The van der Waals surface area contributed by atoms with E-state index in [1.807, 2.05) is 13.0 Å². The van der Waals surface area contributed by atoms with Crippen molar-refractivity contribution >= 4 is 53.1 Å². The highest BCUT2D eigenvalue weighted by Gasteiger charge is 2.13. The van der Waals surface area contributed by atoms with Crippen molar-refractivity contribution in [3.63, 3.8) is 0 Å². The van der Waals surface area contributed by atoms with Crippen molar-refractivity contribution in [2.45, 2.75) is 19.9 Å². The molecule has 0 aliphatic carbocycles. The summed E-state index contributed by atoms with van der Waals surface area (Å²) in [6.45, 7) is 1.75. The topological polar surface area (TPSA) is 89.8 Å². The Balaban J connectivity index is 1.91. The van der Waals surface area contributed by atoms with Gasteiger partial charge in [-0.3, -0.25) is 14.9 Å². The fourth-order valence-corrected chi connectivity index (χ4v) is 2.91. The molecule has 1 amide bonds. The number of benzene rings is 1. The number of halogens is 1. The summed E-state index contributed by atoms with van der Waals surface area (Å²) in [4.78, 5) is 32.8. The first kappa shape index (κ1) is 17.6. The minimum Gasteiger partial charge on any atom is -0.293 e. The van der Waals surface area contributed by atoms with Crippen LogP contribution in [0.3, 0.4) is 0 Å². The molecule has 128 valence electrons. The number of hydrogen-bond acceptors (Lipinski definition) is 5. The molecule has 9 heteroatoms. The summed E-state index contributed by atoms with van der Waals surface area (Å²) in [5.74, 6) is -0.227. The number of hydrogen-bond donors (Lipinski definition) is 1. The highest BCUT2D eigenvalue weighted by molar-refractivity contribution is 9.10. The van der Waals surface area contributed by atoms with Gasteiger partial charge in [-0.05, 0) is 24.6 Å². The average molecular weight is 420 g/mol. The average Bonchev–Trinajstić information content (AvgIpc) is 2.59. The number of amides is 1. The van der Waals surface area contributed by atoms with E-state index in [1.54, 1.807) is 24.5 Å². The van der Waals surface area contributed by atoms with E-state index >= 15 is 0 Å². The predicted octanol–water partition coefficient (Wildman–Crippen LogP) is 1.65. The minimum absolute atomic E-state index is 0.185. The first-order chi connectivity index (χ1) is 12.0. The Bertz CT molecular complexity index is 1000. The molecule has 0 saturated carbocycles. The molecule has 7 nitrogen and oxygen atoms in total. The Kier molecular flexibility index (Phi) is 5.20. The smallest absolute Gasteiger partial charge is 0.275 e. The van der Waals surface area contributed by atoms with Crippen molar-refractivity contribution in [3.05, 3.63) is 51.1 Å². The SMILES string of the molecule is CCc1nn(CC(=O)Nc2ncc(P)cn2)c(=O)c2ccc(Br)cc12. The Morgan fingerprint density at radius 2 is 2.00 bits per heavy atom. The van der Waals surface area contributed by atoms with Gasteiger partial charge in [0, 0.05) is 27.6 Å². The van der Waals surface area contributed by atoms with Crippen molar-refractivity contribution in [2.24, 2.45) is 0 Å². The van der Waals surface area contributed by atoms with E-state index in [9.17, 15) is 9.59 Å². The Morgan fingerprint density at radius 3 is 2.68 bits per heavy atom. The van der Waals surface area contributed by atoms with Gasteiger partial charge >= 0.3 is 0 Å². The lowest BCUT2D eigenvalue weighted by Gasteiger charge is -2.10. The summed E-state index contributed by atoms with van der Waals surface area (Å²) in [5.41, 5.74) is 0.448. The maximum Gasteiger partial charge on any atom is 0.275 e. The number of aromatic nitrogens is 4. The molecule has 0 saturated heterocycles. The van der Waals surface area contributed by atoms with Crippen LogP contribution in [0, 0.1) is 0 Å². The molecule has 25 heavy (non-hydrogen) atoms. The fraction of sp³-hybridized carbons (Fsp3) is 0.188. The van der Waals surface area contributed by atoms with Gasteiger partial charge in [-0.25, -0.2) is 14.6 Å². The van der Waals surface area contributed by atoms with Gasteiger partial charge in [0.25, 0.3) is 5.56 Å². The van der Waals surface area contributed by atoms with E-state index in [0.29, 0.717) is 11.8 Å². The lowest BCUT2D eigenvalue weighted by molar-refractivity contribution is -0.117. The number of anilines is 1. The number of fused-ring (bicyclic) bond motifs is 1. The molecule has 2 heterocycles. The summed E-state index contributed by atoms with van der Waals surface area (Å²) in [7, 11) is 2.46. The summed E-state index contributed by atoms with van der Waals surface area (Å²) in [6.07, 6.45) is 3.79. The third-order valence-corrected chi connectivity index (χ3v) is 4.34. The molecule has 0 aliphatic rings. The van der Waals surface area contributed by atoms with E-state index in [2.05, 4.69) is 45.6 Å². The quantitative estimate of drug-likeness (QED) is 0.649. The van der Waals surface area contributed by atoms with E-state index in [1.165, 1.54) is 4.68 Å². The molecule has 1 aromatic carbocycles. The summed E-state index contributed by atoms with van der Waals surface area (Å²) in [6, 6.07) is 5.40. The molecule has 1 unspecified atom stereocenters. The molecule has 0 aliphatic heterocycles. The van der Waals surface area contributed by atoms with Crippen molar-refractivity contribution in [1.82, 2.24) is 19.7 Å². The van der Waals surface area contributed by atoms with Crippen molar-refractivity contribution in [2.75, 3.05) is 5.32 Å². The van der Waals surface area contributed by atoms with Gasteiger partial charge in [-0.15, -0.1) is 9.24 Å². The van der Waals surface area contributed by atoms with Crippen molar-refractivity contribution in [3.8, 4) is 0 Å². The molecule has 2 aromatic heterocycles. The van der Waals surface area contributed by atoms with Crippen molar-refractivity contribution < 1.29 is 4.79 Å². The molecular formula is C16H15BrN5O2P. The van der Waals surface area contributed by atoms with Gasteiger partial charge in [0.1, 0.15) is 6.54 Å². The van der Waals surface area contributed by atoms with Crippen LogP contribution in [0.4, 0.5) is 5.95 Å². The third-order valence-electron chi connectivity index (χ3n) is 3.55. The minimum atomic E-state index is -0.412. The number of carbonyl (C=O) groups is 1. The van der Waals surface area contributed by atoms with Crippen LogP contribution in [-0.4, -0.2) is 25.7 Å². The summed E-state index contributed by atoms with van der Waals surface area (Å²) >= 11 is 3.41. The lowest BCUT2D eigenvalue weighted by atomic mass is 10.1. The van der Waals surface area contributed by atoms with Crippen molar-refractivity contribution in [1.29, 1.82) is 0 Å². The van der Waals surface area contributed by atoms with Gasteiger partial charge in [0.15, 0.2) is 0 Å². The maximum absolute atomic E-state index is 12.6. The molecule has 3 aromatic rings. The molecule has 1 atom stereocenters. The van der Waals surface area contributed by atoms with Crippen LogP contribution in [0.5, 0.6) is 0 Å². The van der Waals surface area contributed by atoms with Gasteiger partial charge in [-0.1, -0.05) is 22.9 Å². The first-order valence-electron chi connectivity index (χ1n) is 7.54. The molecular weight excluding hydrogens is 405 g/mol. The first-order valence-corrected chi connectivity index (χ1v) is 8.91. The molecule has 0 fully saturated rings. The van der Waals surface area contributed by atoms with Gasteiger partial charge in [-0.2, -0.15) is 5.10 Å². The number of rotatable bonds is 4. The second-order valence-corrected chi connectivity index (χ2v) is 6.92. The number of carbonyl (C=O) groups excluding carboxylic acids is 1. The summed E-state index contributed by atoms with van der Waals surface area (Å²) in [5, 5.41) is 9.03. The molecule has 1 N–H and O–H groups in total. The van der Waals surface area contributed by atoms with E-state index in [-0.39, 0.29) is 18.1 Å². The van der Waals surface area contributed by atoms with E-state index in [4.69, 9.17) is 0 Å². The van der Waals surface area contributed by atoms with E-state index < -0.39 is 5.91 Å². The maximum atomic E-state index is 12.6. The van der Waals surface area contributed by atoms with Crippen LogP contribution >= 0.6 is 25.2 Å². The van der Waals surface area contributed by atoms with Gasteiger partial charge in [0.2, 0.25) is 11.9 Å². The normalized spacial score (nSPS) is 10.8. The van der Waals surface area contributed by atoms with Crippen LogP contribution in [0.15, 0.2) is 39.9 Å². The zero-order valence-electron chi connectivity index (χ0n) is 13.4. The molecule has 3 rings (SSSR count). The Labute approximate surface area is 154 Å². The Hall–Kier alpha value is -2.18. The third kappa shape index (κ3) is 3.91. The highest BCUT2D eigenvalue weighted by Crippen LogP contribution is 2.19. The highest BCUT2D eigenvalue weighted by atomic mass is 79.9. The van der Waals surface area contributed by atoms with Crippen LogP contribution in [0.25, 0.3) is 10.8 Å². The van der Waals surface area contributed by atoms with E-state index in [0.717, 1.165) is 20.9 Å². The number of nitrogens with one attached hydrogen (secondary N) is 1. The largest absolute Gasteiger partial charge is 0.293 e. The zero-order chi connectivity index (χ0) is 18.0. The molecule has 0 bridgehead atoms. The molecule has 0 spiro atoms. The predicted molar refractivity (Wildman–Crippen MR) is 103 cm³/mol. The van der Waals surface area contributed by atoms with Crippen LogP contribution in [-0.2, 0) is 17.8 Å². The second-order valence-electron chi connectivity index (χ2n) is 5.34. The standard InChI is InChI=1S/C16H15BrN5O2P/c1-2-13-12-5-9(17)3-4-11(12)15(24)22(21-13)8-14(23)20-16-18-6-10(25)7-19-16/h3-7H,2,8,25H2,1H3,(H,18,19,20,23). The lowest BCUT2D eigenvalue weighted by Crippen LogP contribution is -2.31. The fourth-order valence-electron chi connectivity index (χ4n) is 2.40. The molecule has 0 radical (unpaired) electrons. The van der Waals surface area contributed by atoms with Gasteiger partial charge in [0.05, 0.1) is 11.1 Å². The van der Waals surface area contributed by atoms with Gasteiger partial charge < -0.3 is 0 Å². The van der Waals surface area contributed by atoms with Crippen LogP contribution in [0.1, 0.15) is 12.6 Å².